The largest absolute Gasteiger partial charge is 0.497 e. The second-order valence-electron chi connectivity index (χ2n) is 5.06. The van der Waals surface area contributed by atoms with E-state index in [4.69, 9.17) is 16.3 Å². The van der Waals surface area contributed by atoms with E-state index >= 15 is 0 Å². The van der Waals surface area contributed by atoms with Gasteiger partial charge in [-0.1, -0.05) is 29.8 Å². The minimum absolute atomic E-state index is 0.277. The number of carbonyl (C=O) groups excluding carboxylic acids is 1. The highest BCUT2D eigenvalue weighted by Crippen LogP contribution is 2.17. The summed E-state index contributed by atoms with van der Waals surface area (Å²) in [6.45, 7) is -0.277. The van der Waals surface area contributed by atoms with Crippen LogP contribution in [0.3, 0.4) is 0 Å². The molecule has 1 heterocycles. The number of ether oxygens (including phenoxy) is 1. The average Bonchev–Trinajstić information content (AvgIpc) is 2.96. The molecule has 8 nitrogen and oxygen atoms in total. The van der Waals surface area contributed by atoms with E-state index in [1.54, 1.807) is 48.5 Å². The molecular formula is C16H14ClN5O3. The summed E-state index contributed by atoms with van der Waals surface area (Å²) in [4.78, 5) is 24.5. The predicted octanol–water partition coefficient (Wildman–Crippen LogP) is 1.73. The Morgan fingerprint density at radius 3 is 2.76 bits per heavy atom. The van der Waals surface area contributed by atoms with Crippen LogP contribution < -0.4 is 15.7 Å². The molecule has 25 heavy (non-hydrogen) atoms. The molecule has 0 aliphatic heterocycles. The van der Waals surface area contributed by atoms with Crippen LogP contribution in [0.2, 0.25) is 5.02 Å². The first kappa shape index (κ1) is 16.7. The molecular weight excluding hydrogens is 346 g/mol. The van der Waals surface area contributed by atoms with Crippen LogP contribution in [0.15, 0.2) is 53.3 Å². The lowest BCUT2D eigenvalue weighted by atomic mass is 10.3. The van der Waals surface area contributed by atoms with Crippen molar-refractivity contribution in [2.75, 3.05) is 12.4 Å². The van der Waals surface area contributed by atoms with Gasteiger partial charge in [0.15, 0.2) is 0 Å². The van der Waals surface area contributed by atoms with Gasteiger partial charge in [-0.25, -0.2) is 4.79 Å². The van der Waals surface area contributed by atoms with E-state index in [9.17, 15) is 9.59 Å². The Bertz CT molecular complexity index is 966. The number of nitrogens with zero attached hydrogens (tertiary/aromatic N) is 4. The van der Waals surface area contributed by atoms with Gasteiger partial charge in [0, 0.05) is 11.8 Å². The summed E-state index contributed by atoms with van der Waals surface area (Å²) in [6.07, 6.45) is 0. The molecule has 0 bridgehead atoms. The van der Waals surface area contributed by atoms with E-state index in [2.05, 4.69) is 15.7 Å². The summed E-state index contributed by atoms with van der Waals surface area (Å²) >= 11 is 6.05. The van der Waals surface area contributed by atoms with Crippen LogP contribution in [0.4, 0.5) is 5.69 Å². The maximum Gasteiger partial charge on any atom is 0.369 e. The second-order valence-corrected chi connectivity index (χ2v) is 5.47. The number of carbonyl (C=O) groups is 1. The number of para-hydroxylation sites is 1. The summed E-state index contributed by atoms with van der Waals surface area (Å²) in [7, 11) is 1.54. The highest BCUT2D eigenvalue weighted by Gasteiger charge is 2.14. The number of tetrazole rings is 1. The normalized spacial score (nSPS) is 10.5. The summed E-state index contributed by atoms with van der Waals surface area (Å²) in [5.74, 6) is 0.196. The number of amides is 1. The third-order valence-electron chi connectivity index (χ3n) is 3.37. The second kappa shape index (κ2) is 7.18. The molecule has 0 saturated carbocycles. The quantitative estimate of drug-likeness (QED) is 0.749. The number of nitrogens with one attached hydrogen (secondary N) is 1. The molecule has 0 aliphatic carbocycles. The monoisotopic (exact) mass is 359 g/mol. The van der Waals surface area contributed by atoms with Crippen molar-refractivity contribution in [2.45, 2.75) is 6.54 Å². The maximum absolute atomic E-state index is 12.4. The Balaban J connectivity index is 1.76. The standard InChI is InChI=1S/C16H14ClN5O3/c1-25-12-6-4-5-11(9-12)18-15(23)10-21-16(24)22(20-19-21)14-8-3-2-7-13(14)17/h2-9H,10H2,1H3,(H,18,23). The van der Waals surface area contributed by atoms with Crippen molar-refractivity contribution in [1.29, 1.82) is 0 Å². The van der Waals surface area contributed by atoms with Gasteiger partial charge in [-0.05, 0) is 34.7 Å². The molecule has 128 valence electrons. The van der Waals surface area contributed by atoms with Gasteiger partial charge >= 0.3 is 5.69 Å². The zero-order valence-corrected chi connectivity index (χ0v) is 14.0. The fraction of sp³-hybridized carbons (Fsp3) is 0.125. The van der Waals surface area contributed by atoms with Gasteiger partial charge in [-0.2, -0.15) is 9.36 Å². The van der Waals surface area contributed by atoms with Gasteiger partial charge in [0.1, 0.15) is 12.3 Å². The smallest absolute Gasteiger partial charge is 0.369 e. The topological polar surface area (TPSA) is 91.0 Å². The first-order valence-corrected chi connectivity index (χ1v) is 7.68. The van der Waals surface area contributed by atoms with Crippen LogP contribution in [0.25, 0.3) is 5.69 Å². The van der Waals surface area contributed by atoms with Crippen LogP contribution in [0.1, 0.15) is 0 Å². The summed E-state index contributed by atoms with van der Waals surface area (Å²) in [5.41, 5.74) is 0.387. The van der Waals surface area contributed by atoms with E-state index in [0.29, 0.717) is 22.1 Å². The third-order valence-corrected chi connectivity index (χ3v) is 3.69. The van der Waals surface area contributed by atoms with Crippen molar-refractivity contribution in [3.63, 3.8) is 0 Å². The van der Waals surface area contributed by atoms with E-state index in [-0.39, 0.29) is 6.54 Å². The van der Waals surface area contributed by atoms with Crippen molar-refractivity contribution >= 4 is 23.2 Å². The van der Waals surface area contributed by atoms with Crippen molar-refractivity contribution in [3.05, 3.63) is 64.0 Å². The lowest BCUT2D eigenvalue weighted by Crippen LogP contribution is -2.29. The minimum atomic E-state index is -0.561. The first-order valence-electron chi connectivity index (χ1n) is 7.30. The van der Waals surface area contributed by atoms with Gasteiger partial charge in [0.25, 0.3) is 0 Å². The van der Waals surface area contributed by atoms with Crippen LogP contribution in [-0.2, 0) is 11.3 Å². The summed E-state index contributed by atoms with van der Waals surface area (Å²) in [6, 6.07) is 13.6. The molecule has 0 fully saturated rings. The summed E-state index contributed by atoms with van der Waals surface area (Å²) in [5, 5.41) is 10.5. The predicted molar refractivity (Wildman–Crippen MR) is 92.3 cm³/mol. The highest BCUT2D eigenvalue weighted by molar-refractivity contribution is 6.32. The number of anilines is 1. The molecule has 1 aromatic heterocycles. The first-order chi connectivity index (χ1) is 12.1. The molecule has 0 unspecified atom stereocenters. The fourth-order valence-electron chi connectivity index (χ4n) is 2.19. The van der Waals surface area contributed by atoms with Gasteiger partial charge < -0.3 is 10.1 Å². The molecule has 9 heteroatoms. The third kappa shape index (κ3) is 3.69. The van der Waals surface area contributed by atoms with Crippen LogP contribution >= 0.6 is 11.6 Å². The molecule has 3 rings (SSSR count). The van der Waals surface area contributed by atoms with E-state index in [1.165, 1.54) is 7.11 Å². The van der Waals surface area contributed by atoms with Crippen molar-refractivity contribution in [1.82, 2.24) is 19.8 Å². The number of rotatable bonds is 5. The molecule has 0 saturated heterocycles. The SMILES string of the molecule is COc1cccc(NC(=O)Cn2nnn(-c3ccccc3Cl)c2=O)c1. The number of aromatic nitrogens is 4. The highest BCUT2D eigenvalue weighted by atomic mass is 35.5. The van der Waals surface area contributed by atoms with E-state index < -0.39 is 11.6 Å². The van der Waals surface area contributed by atoms with Crippen molar-refractivity contribution < 1.29 is 9.53 Å². The Hall–Kier alpha value is -3.13. The van der Waals surface area contributed by atoms with Crippen LogP contribution in [-0.4, -0.2) is 32.8 Å². The number of halogens is 1. The lowest BCUT2D eigenvalue weighted by Gasteiger charge is -2.06. The molecule has 0 aliphatic rings. The van der Waals surface area contributed by atoms with Crippen molar-refractivity contribution in [3.8, 4) is 11.4 Å². The van der Waals surface area contributed by atoms with Gasteiger partial charge in [-0.15, -0.1) is 0 Å². The van der Waals surface area contributed by atoms with Gasteiger partial charge in [0.2, 0.25) is 5.91 Å². The van der Waals surface area contributed by atoms with Gasteiger partial charge in [-0.3, -0.25) is 4.79 Å². The Morgan fingerprint density at radius 1 is 1.20 bits per heavy atom. The molecule has 0 spiro atoms. The molecule has 1 N–H and O–H groups in total. The van der Waals surface area contributed by atoms with Gasteiger partial charge in [0.05, 0.1) is 17.8 Å². The maximum atomic E-state index is 12.4. The Morgan fingerprint density at radius 2 is 2.00 bits per heavy atom. The zero-order valence-electron chi connectivity index (χ0n) is 13.2. The van der Waals surface area contributed by atoms with Crippen LogP contribution in [0, 0.1) is 0 Å². The Kier molecular flexibility index (Phi) is 4.80. The number of hydrogen-bond acceptors (Lipinski definition) is 5. The number of benzene rings is 2. The Labute approximate surface area is 147 Å². The zero-order chi connectivity index (χ0) is 17.8. The lowest BCUT2D eigenvalue weighted by molar-refractivity contribution is -0.117. The molecule has 2 aromatic carbocycles. The van der Waals surface area contributed by atoms with Crippen molar-refractivity contribution in [2.24, 2.45) is 0 Å². The number of hydrogen-bond donors (Lipinski definition) is 1. The van der Waals surface area contributed by atoms with E-state index in [0.717, 1.165) is 9.36 Å². The average molecular weight is 360 g/mol. The van der Waals surface area contributed by atoms with Crippen LogP contribution in [0.5, 0.6) is 5.75 Å². The minimum Gasteiger partial charge on any atom is -0.497 e. The molecule has 3 aromatic rings. The van der Waals surface area contributed by atoms with E-state index in [1.807, 2.05) is 0 Å². The fourth-order valence-corrected chi connectivity index (χ4v) is 2.40. The molecule has 1 amide bonds. The molecule has 0 atom stereocenters. The molecule has 0 radical (unpaired) electrons. The summed E-state index contributed by atoms with van der Waals surface area (Å²) < 4.78 is 7.09. The number of methoxy groups -OCH3 is 1.